The predicted octanol–water partition coefficient (Wildman–Crippen LogP) is 5.21. The van der Waals surface area contributed by atoms with Gasteiger partial charge in [-0.15, -0.1) is 0 Å². The Bertz CT molecular complexity index is 966. The van der Waals surface area contributed by atoms with Gasteiger partial charge in [0.15, 0.2) is 0 Å². The molecule has 0 saturated carbocycles. The first-order valence-corrected chi connectivity index (χ1v) is 12.6. The average molecular weight is 466 g/mol. The molecule has 0 radical (unpaired) electrons. The van der Waals surface area contributed by atoms with Gasteiger partial charge in [-0.2, -0.15) is 0 Å². The minimum atomic E-state index is -0.515. The number of hydrogen-bond donors (Lipinski definition) is 2. The van der Waals surface area contributed by atoms with Crippen LogP contribution in [0.2, 0.25) is 0 Å². The molecule has 1 aromatic rings. The molecule has 0 unspecified atom stereocenters. The molecule has 2 heterocycles. The van der Waals surface area contributed by atoms with E-state index in [-0.39, 0.29) is 23.3 Å². The lowest BCUT2D eigenvalue weighted by molar-refractivity contribution is -0.140. The second kappa shape index (κ2) is 10.5. The Labute approximate surface area is 206 Å². The molecule has 0 spiro atoms. The molecule has 34 heavy (non-hydrogen) atoms. The maximum atomic E-state index is 13.6. The fraction of sp³-hybridized carbons (Fsp3) is 0.586. The van der Waals surface area contributed by atoms with E-state index in [1.165, 1.54) is 16.7 Å². The summed E-state index contributed by atoms with van der Waals surface area (Å²) in [5.41, 5.74) is 6.69. The summed E-state index contributed by atoms with van der Waals surface area (Å²) in [5, 5.41) is 13.9. The summed E-state index contributed by atoms with van der Waals surface area (Å²) < 4.78 is 0. The number of rotatable bonds is 8. The number of amides is 1. The SMILES string of the molecule is C=C(NCc1ccc(C2=C(C)CN=C2C)cc1)[C@@H]1C[C@@H](O)CN1C(=O)[C@@H](CC(C)C)C(C)(C)C. The van der Waals surface area contributed by atoms with Crippen LogP contribution in [0.15, 0.2) is 47.1 Å². The zero-order valence-electron chi connectivity index (χ0n) is 22.1. The van der Waals surface area contributed by atoms with E-state index in [9.17, 15) is 9.90 Å². The van der Waals surface area contributed by atoms with Crippen LogP contribution in [0.4, 0.5) is 0 Å². The van der Waals surface area contributed by atoms with Crippen LogP contribution in [0, 0.1) is 17.3 Å². The number of allylic oxidation sites excluding steroid dienone is 1. The maximum Gasteiger partial charge on any atom is 0.226 e. The van der Waals surface area contributed by atoms with Crippen molar-refractivity contribution in [1.82, 2.24) is 10.2 Å². The number of β-amino-alcohol motifs (C(OH)–C–C–N with tert-alkyl or cyclic N) is 1. The molecule has 0 aromatic heterocycles. The van der Waals surface area contributed by atoms with Crippen molar-refractivity contribution in [2.45, 2.75) is 80.0 Å². The summed E-state index contributed by atoms with van der Waals surface area (Å²) in [4.78, 5) is 20.0. The van der Waals surface area contributed by atoms with E-state index in [1.807, 2.05) is 4.90 Å². The van der Waals surface area contributed by atoms with Crippen molar-refractivity contribution in [3.05, 3.63) is 53.2 Å². The number of aliphatic hydroxyl groups excluding tert-OH is 1. The van der Waals surface area contributed by atoms with E-state index in [0.29, 0.717) is 25.4 Å². The molecule has 1 fully saturated rings. The van der Waals surface area contributed by atoms with Crippen LogP contribution in [0.25, 0.3) is 5.57 Å². The molecule has 2 N–H and O–H groups in total. The Hall–Kier alpha value is -2.40. The van der Waals surface area contributed by atoms with Gasteiger partial charge in [-0.1, -0.05) is 65.5 Å². The lowest BCUT2D eigenvalue weighted by atomic mass is 9.75. The van der Waals surface area contributed by atoms with Crippen LogP contribution < -0.4 is 5.32 Å². The molecule has 186 valence electrons. The third kappa shape index (κ3) is 5.99. The fourth-order valence-electron chi connectivity index (χ4n) is 5.17. The Kier molecular flexibility index (Phi) is 8.07. The van der Waals surface area contributed by atoms with Gasteiger partial charge in [0.2, 0.25) is 5.91 Å². The Morgan fingerprint density at radius 2 is 1.88 bits per heavy atom. The summed E-state index contributed by atoms with van der Waals surface area (Å²) in [6.45, 7) is 21.0. The molecule has 1 aromatic carbocycles. The number of aliphatic hydroxyl groups is 1. The van der Waals surface area contributed by atoms with E-state index >= 15 is 0 Å². The number of carbonyl (C=O) groups is 1. The fourth-order valence-corrected chi connectivity index (χ4v) is 5.17. The first-order valence-electron chi connectivity index (χ1n) is 12.6. The number of likely N-dealkylation sites (tertiary alicyclic amines) is 1. The maximum absolute atomic E-state index is 13.6. The molecule has 1 amide bonds. The zero-order chi connectivity index (χ0) is 25.2. The monoisotopic (exact) mass is 465 g/mol. The van der Waals surface area contributed by atoms with Gasteiger partial charge in [0.05, 0.1) is 18.7 Å². The Morgan fingerprint density at radius 1 is 1.24 bits per heavy atom. The first kappa shape index (κ1) is 26.2. The largest absolute Gasteiger partial charge is 0.391 e. The molecular formula is C29H43N3O2. The van der Waals surface area contributed by atoms with Crippen LogP contribution >= 0.6 is 0 Å². The van der Waals surface area contributed by atoms with Crippen LogP contribution in [0.3, 0.4) is 0 Å². The van der Waals surface area contributed by atoms with Crippen LogP contribution in [0.1, 0.15) is 72.4 Å². The number of aliphatic imine (C=N–C) groups is 1. The van der Waals surface area contributed by atoms with Crippen molar-refractivity contribution in [3.63, 3.8) is 0 Å². The van der Waals surface area contributed by atoms with Gasteiger partial charge < -0.3 is 15.3 Å². The highest BCUT2D eigenvalue weighted by Crippen LogP contribution is 2.36. The second-order valence-corrected chi connectivity index (χ2v) is 11.6. The van der Waals surface area contributed by atoms with Gasteiger partial charge in [-0.05, 0) is 48.3 Å². The molecule has 2 aliphatic rings. The third-order valence-electron chi connectivity index (χ3n) is 7.12. The second-order valence-electron chi connectivity index (χ2n) is 11.6. The minimum absolute atomic E-state index is 0.0824. The van der Waals surface area contributed by atoms with Crippen molar-refractivity contribution in [2.24, 2.45) is 22.2 Å². The van der Waals surface area contributed by atoms with Gasteiger partial charge in [0.25, 0.3) is 0 Å². The van der Waals surface area contributed by atoms with Crippen molar-refractivity contribution >= 4 is 17.2 Å². The van der Waals surface area contributed by atoms with Crippen LogP contribution in [-0.4, -0.2) is 46.9 Å². The topological polar surface area (TPSA) is 64.9 Å². The molecule has 3 rings (SSSR count). The third-order valence-corrected chi connectivity index (χ3v) is 7.12. The molecular weight excluding hydrogens is 422 g/mol. The van der Waals surface area contributed by atoms with Crippen molar-refractivity contribution in [3.8, 4) is 0 Å². The smallest absolute Gasteiger partial charge is 0.226 e. The summed E-state index contributed by atoms with van der Waals surface area (Å²) in [6, 6.07) is 8.37. The molecule has 5 nitrogen and oxygen atoms in total. The lowest BCUT2D eigenvalue weighted by Crippen LogP contribution is -2.46. The summed E-state index contributed by atoms with van der Waals surface area (Å²) in [7, 11) is 0. The van der Waals surface area contributed by atoms with Crippen LogP contribution in [-0.2, 0) is 11.3 Å². The minimum Gasteiger partial charge on any atom is -0.391 e. The molecule has 2 aliphatic heterocycles. The molecule has 5 heteroatoms. The highest BCUT2D eigenvalue weighted by atomic mass is 16.3. The van der Waals surface area contributed by atoms with Gasteiger partial charge in [0, 0.05) is 42.4 Å². The van der Waals surface area contributed by atoms with Gasteiger partial charge in [0.1, 0.15) is 0 Å². The zero-order valence-corrected chi connectivity index (χ0v) is 22.1. The van der Waals surface area contributed by atoms with E-state index in [0.717, 1.165) is 29.9 Å². The van der Waals surface area contributed by atoms with Crippen molar-refractivity contribution in [1.29, 1.82) is 0 Å². The number of carbonyl (C=O) groups excluding carboxylic acids is 1. The number of nitrogens with zero attached hydrogens (tertiary/aromatic N) is 2. The number of nitrogens with one attached hydrogen (secondary N) is 1. The summed E-state index contributed by atoms with van der Waals surface area (Å²) in [5.74, 6) is 0.482. The number of hydrogen-bond acceptors (Lipinski definition) is 4. The predicted molar refractivity (Wildman–Crippen MR) is 142 cm³/mol. The quantitative estimate of drug-likeness (QED) is 0.554. The summed E-state index contributed by atoms with van der Waals surface area (Å²) in [6.07, 6.45) is 0.856. The molecule has 3 atom stereocenters. The standard InChI is InChI=1S/C29H43N3O2/c1-18(2)13-25(29(6,7)8)28(34)32-17-24(33)14-26(32)20(4)31-16-22-9-11-23(12-10-22)27-19(3)15-30-21(27)5/h9-12,18,24-26,31,33H,4,13-17H2,1-3,5-8H3/t24-,25-,26+/m1/s1. The average Bonchev–Trinajstić information content (AvgIpc) is 3.31. The van der Waals surface area contributed by atoms with Crippen molar-refractivity contribution in [2.75, 3.05) is 13.1 Å². The molecule has 0 aliphatic carbocycles. The van der Waals surface area contributed by atoms with Crippen LogP contribution in [0.5, 0.6) is 0 Å². The van der Waals surface area contributed by atoms with E-state index in [2.05, 4.69) is 89.6 Å². The normalized spacial score (nSPS) is 21.8. The Balaban J connectivity index is 1.67. The summed E-state index contributed by atoms with van der Waals surface area (Å²) >= 11 is 0. The molecule has 0 bridgehead atoms. The highest BCUT2D eigenvalue weighted by Gasteiger charge is 2.42. The Morgan fingerprint density at radius 3 is 2.41 bits per heavy atom. The van der Waals surface area contributed by atoms with Gasteiger partial charge in [-0.25, -0.2) is 0 Å². The van der Waals surface area contributed by atoms with Gasteiger partial charge >= 0.3 is 0 Å². The van der Waals surface area contributed by atoms with Gasteiger partial charge in [-0.3, -0.25) is 9.79 Å². The number of benzene rings is 1. The van der Waals surface area contributed by atoms with E-state index in [4.69, 9.17) is 0 Å². The lowest BCUT2D eigenvalue weighted by Gasteiger charge is -2.36. The first-order chi connectivity index (χ1) is 15.9. The molecule has 1 saturated heterocycles. The van der Waals surface area contributed by atoms with E-state index in [1.54, 1.807) is 0 Å². The highest BCUT2D eigenvalue weighted by molar-refractivity contribution is 6.25. The van der Waals surface area contributed by atoms with E-state index < -0.39 is 6.10 Å². The van der Waals surface area contributed by atoms with Crippen molar-refractivity contribution < 1.29 is 9.90 Å².